The molecule has 3 aliphatic carbocycles. The molecular formula is C28H39NO5S. The molecule has 8 atom stereocenters. The molecule has 0 amide bonds. The first kappa shape index (κ1) is 26.4. The second kappa shape index (κ2) is 9.64. The molecule has 3 saturated carbocycles. The number of carbonyl (C=O) groups is 2. The Balaban J connectivity index is 1.65. The van der Waals surface area contributed by atoms with Crippen molar-refractivity contribution < 1.29 is 24.5 Å². The zero-order valence-electron chi connectivity index (χ0n) is 21.3. The monoisotopic (exact) mass is 501 g/mol. The summed E-state index contributed by atoms with van der Waals surface area (Å²) in [4.78, 5) is 31.6. The molecule has 0 unspecified atom stereocenters. The molecule has 3 fully saturated rings. The van der Waals surface area contributed by atoms with Crippen molar-refractivity contribution in [1.82, 2.24) is 4.98 Å². The third-order valence-corrected chi connectivity index (χ3v) is 10.8. The van der Waals surface area contributed by atoms with Gasteiger partial charge in [-0.2, -0.15) is 0 Å². The summed E-state index contributed by atoms with van der Waals surface area (Å²) in [6.07, 6.45) is 5.91. The van der Waals surface area contributed by atoms with Crippen molar-refractivity contribution in [3.63, 3.8) is 0 Å². The van der Waals surface area contributed by atoms with Gasteiger partial charge in [-0.15, -0.1) is 18.3 Å². The van der Waals surface area contributed by atoms with Crippen LogP contribution < -0.4 is 0 Å². The van der Waals surface area contributed by atoms with Gasteiger partial charge in [0, 0.05) is 34.3 Å². The van der Waals surface area contributed by atoms with E-state index in [-0.39, 0.29) is 47.3 Å². The topological polar surface area (TPSA) is 96.7 Å². The fraction of sp³-hybridized carbons (Fsp3) is 0.679. The van der Waals surface area contributed by atoms with Crippen molar-refractivity contribution in [2.75, 3.05) is 5.75 Å². The molecule has 0 saturated heterocycles. The summed E-state index contributed by atoms with van der Waals surface area (Å²) in [5.74, 6) is -0.0236. The second-order valence-electron chi connectivity index (χ2n) is 11.5. The standard InChI is InChI=1S/C28H39NO5S/c1-6-26(4)13-22(34-23(32)16-35-20-8-7-19(15-30)29-14-20)27(5)17(2)9-11-28(18(3)25(26)33)12-10-21(31)24(27)28/h6-8,14,17-18,22,24-25,30,33H,1,9-13,15-16H2,2-5H3/t17-,18+,22-,24+,25+,26-,27+,28+/m1/s1. The molecule has 1 aromatic heterocycles. The second-order valence-corrected chi connectivity index (χ2v) is 12.5. The molecule has 1 heterocycles. The van der Waals surface area contributed by atoms with Gasteiger partial charge in [0.05, 0.1) is 24.2 Å². The number of rotatable bonds is 6. The molecule has 0 aromatic carbocycles. The molecule has 35 heavy (non-hydrogen) atoms. The number of esters is 1. The van der Waals surface area contributed by atoms with Crippen LogP contribution in [0.15, 0.2) is 35.9 Å². The minimum atomic E-state index is -0.668. The molecule has 192 valence electrons. The Hall–Kier alpha value is -1.70. The van der Waals surface area contributed by atoms with Crippen LogP contribution in [0.25, 0.3) is 0 Å². The van der Waals surface area contributed by atoms with Gasteiger partial charge in [-0.3, -0.25) is 14.6 Å². The van der Waals surface area contributed by atoms with E-state index in [9.17, 15) is 19.8 Å². The summed E-state index contributed by atoms with van der Waals surface area (Å²) >= 11 is 1.34. The number of nitrogens with zero attached hydrogens (tertiary/aromatic N) is 1. The minimum Gasteiger partial charge on any atom is -0.461 e. The molecule has 2 N–H and O–H groups in total. The van der Waals surface area contributed by atoms with Crippen molar-refractivity contribution in [1.29, 1.82) is 0 Å². The Morgan fingerprint density at radius 3 is 2.69 bits per heavy atom. The number of hydrogen-bond donors (Lipinski definition) is 2. The molecule has 7 heteroatoms. The van der Waals surface area contributed by atoms with Crippen LogP contribution in [0, 0.1) is 34.0 Å². The lowest BCUT2D eigenvalue weighted by Crippen LogP contribution is -2.63. The number of hydrogen-bond acceptors (Lipinski definition) is 7. The maximum atomic E-state index is 13.4. The van der Waals surface area contributed by atoms with Crippen LogP contribution in [0.2, 0.25) is 0 Å². The largest absolute Gasteiger partial charge is 0.461 e. The number of ether oxygens (including phenoxy) is 1. The summed E-state index contributed by atoms with van der Waals surface area (Å²) in [7, 11) is 0. The smallest absolute Gasteiger partial charge is 0.316 e. The van der Waals surface area contributed by atoms with Gasteiger partial charge in [0.15, 0.2) is 0 Å². The zero-order chi connectivity index (χ0) is 25.6. The SMILES string of the molecule is C=C[C@]1(C)C[C@@H](OC(=O)CSc2ccc(CO)nc2)[C@]2(C)[C@H](C)CC[C@]3(CCC(=O)[C@H]32)[C@@H](C)[C@@H]1O. The van der Waals surface area contributed by atoms with Crippen LogP contribution in [0.3, 0.4) is 0 Å². The van der Waals surface area contributed by atoms with E-state index in [2.05, 4.69) is 32.3 Å². The molecule has 4 rings (SSSR count). The number of ketones is 1. The van der Waals surface area contributed by atoms with Crippen LogP contribution in [0.1, 0.15) is 65.5 Å². The Morgan fingerprint density at radius 2 is 2.06 bits per heavy atom. The summed E-state index contributed by atoms with van der Waals surface area (Å²) < 4.78 is 6.26. The van der Waals surface area contributed by atoms with Crippen molar-refractivity contribution in [3.8, 4) is 0 Å². The number of aliphatic hydroxyl groups is 2. The first-order valence-corrected chi connectivity index (χ1v) is 13.7. The average molecular weight is 502 g/mol. The van der Waals surface area contributed by atoms with E-state index in [1.807, 2.05) is 19.1 Å². The Kier molecular flexibility index (Phi) is 7.26. The minimum absolute atomic E-state index is 0.0459. The number of Topliss-reactive ketones (excluding diaryl/α,β-unsaturated/α-hetero) is 1. The van der Waals surface area contributed by atoms with Gasteiger partial charge in [0.1, 0.15) is 11.9 Å². The molecule has 0 aliphatic heterocycles. The predicted molar refractivity (Wildman–Crippen MR) is 136 cm³/mol. The number of aromatic nitrogens is 1. The summed E-state index contributed by atoms with van der Waals surface area (Å²) in [6.45, 7) is 12.4. The van der Waals surface area contributed by atoms with Gasteiger partial charge in [0.25, 0.3) is 0 Å². The summed E-state index contributed by atoms with van der Waals surface area (Å²) in [5.41, 5.74) is -0.840. The summed E-state index contributed by atoms with van der Waals surface area (Å²) in [5, 5.41) is 20.8. The fourth-order valence-corrected chi connectivity index (χ4v) is 8.07. The average Bonchev–Trinajstić information content (AvgIpc) is 3.21. The maximum absolute atomic E-state index is 13.4. The van der Waals surface area contributed by atoms with E-state index in [0.717, 1.165) is 24.2 Å². The lowest BCUT2D eigenvalue weighted by molar-refractivity contribution is -0.205. The molecule has 2 bridgehead atoms. The molecular weight excluding hydrogens is 462 g/mol. The molecule has 1 aromatic rings. The highest BCUT2D eigenvalue weighted by Crippen LogP contribution is 2.68. The number of carbonyl (C=O) groups excluding carboxylic acids is 2. The fourth-order valence-electron chi connectivity index (χ4n) is 7.43. The van der Waals surface area contributed by atoms with Gasteiger partial charge in [-0.1, -0.05) is 33.8 Å². The number of aliphatic hydroxyl groups excluding tert-OH is 2. The maximum Gasteiger partial charge on any atom is 0.316 e. The van der Waals surface area contributed by atoms with Gasteiger partial charge < -0.3 is 14.9 Å². The highest BCUT2D eigenvalue weighted by atomic mass is 32.2. The number of pyridine rings is 1. The molecule has 0 spiro atoms. The third-order valence-electron chi connectivity index (χ3n) is 9.89. The van der Waals surface area contributed by atoms with E-state index in [1.54, 1.807) is 12.3 Å². The van der Waals surface area contributed by atoms with Crippen LogP contribution in [-0.4, -0.2) is 44.9 Å². The van der Waals surface area contributed by atoms with Crippen molar-refractivity contribution in [3.05, 3.63) is 36.7 Å². The first-order valence-electron chi connectivity index (χ1n) is 12.7. The van der Waals surface area contributed by atoms with Crippen LogP contribution in [-0.2, 0) is 20.9 Å². The van der Waals surface area contributed by atoms with Gasteiger partial charge in [-0.25, -0.2) is 0 Å². The number of thioether (sulfide) groups is 1. The van der Waals surface area contributed by atoms with E-state index >= 15 is 0 Å². The lowest BCUT2D eigenvalue weighted by atomic mass is 9.44. The normalized spacial score (nSPS) is 41.0. The Morgan fingerprint density at radius 1 is 1.31 bits per heavy atom. The third kappa shape index (κ3) is 4.27. The first-order chi connectivity index (χ1) is 16.5. The van der Waals surface area contributed by atoms with E-state index < -0.39 is 23.0 Å². The Labute approximate surface area is 212 Å². The predicted octanol–water partition coefficient (Wildman–Crippen LogP) is 4.57. The van der Waals surface area contributed by atoms with Crippen LogP contribution in [0.4, 0.5) is 0 Å². The van der Waals surface area contributed by atoms with E-state index in [4.69, 9.17) is 4.74 Å². The molecule has 0 radical (unpaired) electrons. The molecule has 3 aliphatic rings. The quantitative estimate of drug-likeness (QED) is 0.335. The highest BCUT2D eigenvalue weighted by Gasteiger charge is 2.68. The molecule has 6 nitrogen and oxygen atoms in total. The summed E-state index contributed by atoms with van der Waals surface area (Å²) in [6, 6.07) is 3.56. The lowest BCUT2D eigenvalue weighted by Gasteiger charge is -2.61. The highest BCUT2D eigenvalue weighted by molar-refractivity contribution is 8.00. The van der Waals surface area contributed by atoms with Crippen LogP contribution >= 0.6 is 11.8 Å². The van der Waals surface area contributed by atoms with E-state index in [1.165, 1.54) is 11.8 Å². The van der Waals surface area contributed by atoms with Gasteiger partial charge in [0.2, 0.25) is 0 Å². The van der Waals surface area contributed by atoms with Crippen molar-refractivity contribution in [2.45, 2.75) is 83.5 Å². The van der Waals surface area contributed by atoms with Crippen molar-refractivity contribution >= 4 is 23.5 Å². The van der Waals surface area contributed by atoms with Crippen LogP contribution in [0.5, 0.6) is 0 Å². The van der Waals surface area contributed by atoms with Gasteiger partial charge in [-0.05, 0) is 55.1 Å². The zero-order valence-corrected chi connectivity index (χ0v) is 22.1. The van der Waals surface area contributed by atoms with E-state index in [0.29, 0.717) is 18.5 Å². The Bertz CT molecular complexity index is 982. The van der Waals surface area contributed by atoms with Crippen molar-refractivity contribution in [2.24, 2.45) is 34.0 Å². The van der Waals surface area contributed by atoms with Gasteiger partial charge >= 0.3 is 5.97 Å².